The molecule has 0 fully saturated rings. The molecule has 1 heterocycles. The lowest BCUT2D eigenvalue weighted by Crippen LogP contribution is -2.34. The van der Waals surface area contributed by atoms with Gasteiger partial charge in [-0.2, -0.15) is 5.10 Å². The van der Waals surface area contributed by atoms with E-state index in [0.29, 0.717) is 27.9 Å². The average Bonchev–Trinajstić information content (AvgIpc) is 3.15. The highest BCUT2D eigenvalue weighted by Gasteiger charge is 2.15. The number of hydrazone groups is 1. The molecule has 0 saturated carbocycles. The Hall–Kier alpha value is -3.33. The highest BCUT2D eigenvalue weighted by molar-refractivity contribution is 7.22. The average molecular weight is 414 g/mol. The fraction of sp³-hybridized carbons (Fsp3) is 0.250. The standard InChI is InChI=1S/C20H22N4O4S/c1-12(22-20-23-15-7-5-6-8-18(15)29-20)19(25)24-21-11-14-16(27-3)9-13(26-2)10-17(14)28-4/h5-12H,1-4H3,(H,22,23)(H,24,25)/b21-11-/t12-/m1/s1. The van der Waals surface area contributed by atoms with Crippen LogP contribution in [0.5, 0.6) is 17.2 Å². The summed E-state index contributed by atoms with van der Waals surface area (Å²) in [4.78, 5) is 16.8. The Morgan fingerprint density at radius 3 is 2.45 bits per heavy atom. The molecule has 0 aliphatic carbocycles. The van der Waals surface area contributed by atoms with Gasteiger partial charge in [-0.1, -0.05) is 23.5 Å². The fourth-order valence-electron chi connectivity index (χ4n) is 2.60. The third-order valence-corrected chi connectivity index (χ3v) is 5.12. The molecule has 8 nitrogen and oxygen atoms in total. The lowest BCUT2D eigenvalue weighted by molar-refractivity contribution is -0.121. The summed E-state index contributed by atoms with van der Waals surface area (Å²) in [5.41, 5.74) is 4.00. The van der Waals surface area contributed by atoms with E-state index < -0.39 is 6.04 Å². The number of carbonyl (C=O) groups excluding carboxylic acids is 1. The molecule has 1 aromatic heterocycles. The molecule has 152 valence electrons. The van der Waals surface area contributed by atoms with Crippen molar-refractivity contribution in [2.75, 3.05) is 26.6 Å². The lowest BCUT2D eigenvalue weighted by Gasteiger charge is -2.13. The molecular formula is C20H22N4O4S. The summed E-state index contributed by atoms with van der Waals surface area (Å²) < 4.78 is 17.0. The molecule has 2 aromatic carbocycles. The van der Waals surface area contributed by atoms with Gasteiger partial charge in [-0.15, -0.1) is 0 Å². The predicted octanol–water partition coefficient (Wildman–Crippen LogP) is 3.27. The molecule has 1 amide bonds. The van der Waals surface area contributed by atoms with Crippen LogP contribution in [0.3, 0.4) is 0 Å². The fourth-order valence-corrected chi connectivity index (χ4v) is 3.55. The number of aromatic nitrogens is 1. The molecule has 29 heavy (non-hydrogen) atoms. The van der Waals surface area contributed by atoms with Gasteiger partial charge in [0.25, 0.3) is 5.91 Å². The van der Waals surface area contributed by atoms with Crippen LogP contribution >= 0.6 is 11.3 Å². The normalized spacial score (nSPS) is 12.0. The Morgan fingerprint density at radius 1 is 1.14 bits per heavy atom. The van der Waals surface area contributed by atoms with Crippen molar-refractivity contribution < 1.29 is 19.0 Å². The Bertz CT molecular complexity index is 976. The summed E-state index contributed by atoms with van der Waals surface area (Å²) in [6.45, 7) is 1.74. The second kappa shape index (κ2) is 9.24. The van der Waals surface area contributed by atoms with Crippen molar-refractivity contribution >= 4 is 38.8 Å². The SMILES string of the molecule is COc1cc(OC)c(/C=N\NC(=O)[C@@H](C)Nc2nc3ccccc3s2)c(OC)c1. The minimum Gasteiger partial charge on any atom is -0.496 e. The topological polar surface area (TPSA) is 94.1 Å². The second-order valence-electron chi connectivity index (χ2n) is 6.03. The number of benzene rings is 2. The molecule has 0 unspecified atom stereocenters. The van der Waals surface area contributed by atoms with E-state index in [0.717, 1.165) is 10.2 Å². The summed E-state index contributed by atoms with van der Waals surface area (Å²) in [7, 11) is 4.63. The van der Waals surface area contributed by atoms with Crippen LogP contribution in [0.25, 0.3) is 10.2 Å². The van der Waals surface area contributed by atoms with Crippen molar-refractivity contribution in [3.8, 4) is 17.2 Å². The molecule has 0 aliphatic rings. The van der Waals surface area contributed by atoms with Crippen LogP contribution in [0.4, 0.5) is 5.13 Å². The largest absolute Gasteiger partial charge is 0.496 e. The van der Waals surface area contributed by atoms with E-state index in [4.69, 9.17) is 14.2 Å². The number of nitrogens with zero attached hydrogens (tertiary/aromatic N) is 2. The zero-order valence-corrected chi connectivity index (χ0v) is 17.4. The number of hydrogen-bond acceptors (Lipinski definition) is 8. The van der Waals surface area contributed by atoms with Crippen molar-refractivity contribution in [2.45, 2.75) is 13.0 Å². The molecule has 1 atom stereocenters. The summed E-state index contributed by atoms with van der Waals surface area (Å²) in [5, 5.41) is 7.81. The number of fused-ring (bicyclic) bond motifs is 1. The van der Waals surface area contributed by atoms with Crippen molar-refractivity contribution in [1.82, 2.24) is 10.4 Å². The van der Waals surface area contributed by atoms with Crippen molar-refractivity contribution in [2.24, 2.45) is 5.10 Å². The number of carbonyl (C=O) groups is 1. The molecule has 2 N–H and O–H groups in total. The number of para-hydroxylation sites is 1. The van der Waals surface area contributed by atoms with Gasteiger partial charge in [-0.25, -0.2) is 10.4 Å². The van der Waals surface area contributed by atoms with Gasteiger partial charge in [-0.05, 0) is 19.1 Å². The third-order valence-electron chi connectivity index (χ3n) is 4.15. The van der Waals surface area contributed by atoms with Crippen LogP contribution in [0.15, 0.2) is 41.5 Å². The van der Waals surface area contributed by atoms with E-state index in [1.54, 1.807) is 26.2 Å². The third kappa shape index (κ3) is 4.75. The molecule has 0 saturated heterocycles. The number of rotatable bonds is 8. The Morgan fingerprint density at radius 2 is 1.83 bits per heavy atom. The van der Waals surface area contributed by atoms with Crippen molar-refractivity contribution in [1.29, 1.82) is 0 Å². The van der Waals surface area contributed by atoms with Gasteiger partial charge in [0, 0.05) is 12.1 Å². The van der Waals surface area contributed by atoms with Gasteiger partial charge in [0.2, 0.25) is 0 Å². The molecule has 0 bridgehead atoms. The van der Waals surface area contributed by atoms with Gasteiger partial charge in [0.1, 0.15) is 23.3 Å². The summed E-state index contributed by atoms with van der Waals surface area (Å²) in [5.74, 6) is 1.32. The first-order valence-corrected chi connectivity index (χ1v) is 9.62. The molecule has 9 heteroatoms. The number of anilines is 1. The highest BCUT2D eigenvalue weighted by atomic mass is 32.1. The van der Waals surface area contributed by atoms with Crippen LogP contribution in [-0.4, -0.2) is 44.5 Å². The number of amides is 1. The molecule has 0 aliphatic heterocycles. The predicted molar refractivity (Wildman–Crippen MR) is 115 cm³/mol. The van der Waals surface area contributed by atoms with E-state index >= 15 is 0 Å². The minimum atomic E-state index is -0.521. The van der Waals surface area contributed by atoms with Gasteiger partial charge < -0.3 is 19.5 Å². The summed E-state index contributed by atoms with van der Waals surface area (Å²) in [6, 6.07) is 10.7. The molecular weight excluding hydrogens is 392 g/mol. The van der Waals surface area contributed by atoms with E-state index in [1.807, 2.05) is 24.3 Å². The van der Waals surface area contributed by atoms with E-state index in [-0.39, 0.29) is 5.91 Å². The number of nitrogens with one attached hydrogen (secondary N) is 2. The smallest absolute Gasteiger partial charge is 0.262 e. The number of methoxy groups -OCH3 is 3. The Labute approximate surface area is 172 Å². The van der Waals surface area contributed by atoms with Gasteiger partial charge in [-0.3, -0.25) is 4.79 Å². The summed E-state index contributed by atoms with van der Waals surface area (Å²) >= 11 is 1.49. The first-order chi connectivity index (χ1) is 14.0. The van der Waals surface area contributed by atoms with Crippen molar-refractivity contribution in [3.05, 3.63) is 42.0 Å². The molecule has 3 aromatic rings. The monoisotopic (exact) mass is 414 g/mol. The van der Waals surface area contributed by atoms with Gasteiger partial charge >= 0.3 is 0 Å². The first-order valence-electron chi connectivity index (χ1n) is 8.80. The van der Waals surface area contributed by atoms with Crippen LogP contribution in [0.2, 0.25) is 0 Å². The maximum Gasteiger partial charge on any atom is 0.262 e. The van der Waals surface area contributed by atoms with E-state index in [2.05, 4.69) is 20.8 Å². The Balaban J connectivity index is 1.67. The van der Waals surface area contributed by atoms with Crippen LogP contribution < -0.4 is 25.0 Å². The zero-order valence-electron chi connectivity index (χ0n) is 16.6. The maximum atomic E-state index is 12.4. The lowest BCUT2D eigenvalue weighted by atomic mass is 10.2. The van der Waals surface area contributed by atoms with Crippen molar-refractivity contribution in [3.63, 3.8) is 0 Å². The quantitative estimate of drug-likeness (QED) is 0.434. The van der Waals surface area contributed by atoms with E-state index in [1.165, 1.54) is 31.8 Å². The Kier molecular flexibility index (Phi) is 6.50. The molecule has 0 radical (unpaired) electrons. The molecule has 0 spiro atoms. The van der Waals surface area contributed by atoms with Gasteiger partial charge in [0.05, 0.1) is 43.3 Å². The number of ether oxygens (including phenoxy) is 3. The van der Waals surface area contributed by atoms with Crippen LogP contribution in [0.1, 0.15) is 12.5 Å². The minimum absolute atomic E-state index is 0.299. The van der Waals surface area contributed by atoms with Crippen LogP contribution in [-0.2, 0) is 4.79 Å². The second-order valence-corrected chi connectivity index (χ2v) is 7.06. The molecule has 3 rings (SSSR count). The number of thiazole rings is 1. The zero-order chi connectivity index (χ0) is 20.8. The summed E-state index contributed by atoms with van der Waals surface area (Å²) in [6.07, 6.45) is 1.47. The maximum absolute atomic E-state index is 12.4. The van der Waals surface area contributed by atoms with E-state index in [9.17, 15) is 4.79 Å². The highest BCUT2D eigenvalue weighted by Crippen LogP contribution is 2.32. The van der Waals surface area contributed by atoms with Crippen LogP contribution in [0, 0.1) is 0 Å². The van der Waals surface area contributed by atoms with Gasteiger partial charge in [0.15, 0.2) is 5.13 Å². The number of hydrogen-bond donors (Lipinski definition) is 2. The first kappa shape index (κ1) is 20.4.